The molecule has 3 rings (SSSR count). The number of hydrogen-bond donors (Lipinski definition) is 1. The molecular formula is C17H20F3N5O. The van der Waals surface area contributed by atoms with Gasteiger partial charge in [-0.05, 0) is 37.6 Å². The van der Waals surface area contributed by atoms with E-state index in [0.29, 0.717) is 6.54 Å². The molecule has 2 heterocycles. The molecular weight excluding hydrogens is 347 g/mol. The maximum absolute atomic E-state index is 12.9. The molecule has 0 aliphatic carbocycles. The van der Waals surface area contributed by atoms with Crippen molar-refractivity contribution < 1.29 is 18.0 Å². The fraction of sp³-hybridized carbons (Fsp3) is 0.471. The maximum atomic E-state index is 12.9. The van der Waals surface area contributed by atoms with Gasteiger partial charge >= 0.3 is 6.18 Å². The van der Waals surface area contributed by atoms with E-state index >= 15 is 0 Å². The number of rotatable bonds is 5. The Labute approximate surface area is 149 Å². The van der Waals surface area contributed by atoms with E-state index in [1.54, 1.807) is 4.90 Å². The molecule has 1 fully saturated rings. The number of nitrogens with one attached hydrogen (secondary N) is 1. The molecule has 9 heteroatoms. The van der Waals surface area contributed by atoms with E-state index in [9.17, 15) is 18.0 Å². The Bertz CT molecular complexity index is 768. The zero-order chi connectivity index (χ0) is 18.7. The topological polar surface area (TPSA) is 63.1 Å². The number of nitrogens with zero attached hydrogens (tertiary/aromatic N) is 4. The molecule has 6 nitrogen and oxygen atoms in total. The summed E-state index contributed by atoms with van der Waals surface area (Å²) in [6.45, 7) is 4.17. The highest BCUT2D eigenvalue weighted by Gasteiger charge is 2.31. The van der Waals surface area contributed by atoms with Crippen LogP contribution in [0.1, 0.15) is 35.8 Å². The van der Waals surface area contributed by atoms with Crippen molar-refractivity contribution in [3.05, 3.63) is 41.7 Å². The van der Waals surface area contributed by atoms with Crippen molar-refractivity contribution >= 4 is 5.91 Å². The number of benzene rings is 1. The normalized spacial score (nSPS) is 17.5. The lowest BCUT2D eigenvalue weighted by Gasteiger charge is -2.27. The predicted octanol–water partition coefficient (Wildman–Crippen LogP) is 2.50. The van der Waals surface area contributed by atoms with Gasteiger partial charge in [0.2, 0.25) is 0 Å². The quantitative estimate of drug-likeness (QED) is 0.882. The van der Waals surface area contributed by atoms with Gasteiger partial charge in [-0.2, -0.15) is 13.2 Å². The lowest BCUT2D eigenvalue weighted by Crippen LogP contribution is -2.42. The Balaban J connectivity index is 1.83. The monoisotopic (exact) mass is 367 g/mol. The van der Waals surface area contributed by atoms with E-state index in [1.165, 1.54) is 23.0 Å². The average molecular weight is 367 g/mol. The summed E-state index contributed by atoms with van der Waals surface area (Å²) in [4.78, 5) is 14.6. The first-order valence-corrected chi connectivity index (χ1v) is 8.52. The molecule has 26 heavy (non-hydrogen) atoms. The fourth-order valence-corrected chi connectivity index (χ4v) is 3.06. The fourth-order valence-electron chi connectivity index (χ4n) is 3.06. The highest BCUT2D eigenvalue weighted by atomic mass is 19.4. The molecule has 1 aromatic carbocycles. The molecule has 1 saturated heterocycles. The van der Waals surface area contributed by atoms with Crippen molar-refractivity contribution in [3.63, 3.8) is 0 Å². The van der Waals surface area contributed by atoms with Crippen LogP contribution >= 0.6 is 0 Å². The highest BCUT2D eigenvalue weighted by Crippen LogP contribution is 2.30. The molecule has 2 aromatic rings. The van der Waals surface area contributed by atoms with Gasteiger partial charge in [0.25, 0.3) is 5.91 Å². The van der Waals surface area contributed by atoms with E-state index in [1.807, 2.05) is 6.92 Å². The molecule has 1 aromatic heterocycles. The lowest BCUT2D eigenvalue weighted by molar-refractivity contribution is -0.137. The van der Waals surface area contributed by atoms with Crippen LogP contribution in [0.15, 0.2) is 30.5 Å². The summed E-state index contributed by atoms with van der Waals surface area (Å²) in [6, 6.07) is 4.86. The van der Waals surface area contributed by atoms with Gasteiger partial charge in [-0.3, -0.25) is 4.79 Å². The first-order valence-electron chi connectivity index (χ1n) is 8.52. The molecule has 1 aliphatic rings. The third kappa shape index (κ3) is 3.87. The van der Waals surface area contributed by atoms with Gasteiger partial charge in [-0.25, -0.2) is 4.68 Å². The van der Waals surface area contributed by atoms with E-state index in [0.717, 1.165) is 38.1 Å². The van der Waals surface area contributed by atoms with E-state index in [2.05, 4.69) is 15.6 Å². The highest BCUT2D eigenvalue weighted by molar-refractivity contribution is 5.92. The minimum Gasteiger partial charge on any atom is -0.333 e. The lowest BCUT2D eigenvalue weighted by atomic mass is 10.2. The third-order valence-electron chi connectivity index (χ3n) is 4.35. The molecule has 1 aliphatic heterocycles. The molecule has 1 atom stereocenters. The van der Waals surface area contributed by atoms with Gasteiger partial charge in [0.1, 0.15) is 0 Å². The smallest absolute Gasteiger partial charge is 0.333 e. The molecule has 1 unspecified atom stereocenters. The van der Waals surface area contributed by atoms with Crippen molar-refractivity contribution in [1.82, 2.24) is 25.2 Å². The van der Waals surface area contributed by atoms with Crippen molar-refractivity contribution in [2.75, 3.05) is 19.6 Å². The zero-order valence-corrected chi connectivity index (χ0v) is 14.3. The largest absolute Gasteiger partial charge is 0.416 e. The van der Waals surface area contributed by atoms with Crippen molar-refractivity contribution in [2.24, 2.45) is 0 Å². The van der Waals surface area contributed by atoms with Crippen molar-refractivity contribution in [1.29, 1.82) is 0 Å². The second-order valence-electron chi connectivity index (χ2n) is 6.24. The van der Waals surface area contributed by atoms with Gasteiger partial charge in [0.15, 0.2) is 5.69 Å². The predicted molar refractivity (Wildman–Crippen MR) is 89.0 cm³/mol. The summed E-state index contributed by atoms with van der Waals surface area (Å²) >= 11 is 0. The maximum Gasteiger partial charge on any atom is 0.416 e. The Morgan fingerprint density at radius 2 is 2.23 bits per heavy atom. The number of amides is 1. The minimum atomic E-state index is -4.44. The second kappa shape index (κ2) is 7.45. The zero-order valence-electron chi connectivity index (χ0n) is 14.3. The Morgan fingerprint density at radius 3 is 2.88 bits per heavy atom. The summed E-state index contributed by atoms with van der Waals surface area (Å²) in [6.07, 6.45) is -1.39. The van der Waals surface area contributed by atoms with Crippen LogP contribution in [0, 0.1) is 0 Å². The Morgan fingerprint density at radius 1 is 1.42 bits per heavy atom. The molecule has 0 spiro atoms. The number of alkyl halides is 3. The minimum absolute atomic E-state index is 0.0983. The van der Waals surface area contributed by atoms with Crippen LogP contribution in [0.3, 0.4) is 0 Å². The summed E-state index contributed by atoms with van der Waals surface area (Å²) in [5.74, 6) is -0.251. The number of halogens is 3. The van der Waals surface area contributed by atoms with Crippen LogP contribution in [-0.4, -0.2) is 51.5 Å². The molecule has 1 N–H and O–H groups in total. The van der Waals surface area contributed by atoms with E-state index in [4.69, 9.17) is 0 Å². The summed E-state index contributed by atoms with van der Waals surface area (Å²) in [5, 5.41) is 10.9. The molecule has 0 radical (unpaired) electrons. The van der Waals surface area contributed by atoms with Crippen LogP contribution in [0.5, 0.6) is 0 Å². The van der Waals surface area contributed by atoms with Crippen LogP contribution < -0.4 is 5.32 Å². The molecule has 0 saturated carbocycles. The first-order chi connectivity index (χ1) is 12.4. The summed E-state index contributed by atoms with van der Waals surface area (Å²) in [5.41, 5.74) is -0.443. The second-order valence-corrected chi connectivity index (χ2v) is 6.24. The number of carbonyl (C=O) groups is 1. The Hall–Kier alpha value is -2.42. The van der Waals surface area contributed by atoms with E-state index < -0.39 is 11.7 Å². The Kier molecular flexibility index (Phi) is 5.26. The summed E-state index contributed by atoms with van der Waals surface area (Å²) in [7, 11) is 0. The van der Waals surface area contributed by atoms with Crippen LogP contribution in [0.25, 0.3) is 5.69 Å². The molecule has 140 valence electrons. The summed E-state index contributed by atoms with van der Waals surface area (Å²) < 4.78 is 39.8. The van der Waals surface area contributed by atoms with Crippen LogP contribution in [0.4, 0.5) is 13.2 Å². The van der Waals surface area contributed by atoms with Gasteiger partial charge in [-0.1, -0.05) is 18.2 Å². The molecule has 1 amide bonds. The first kappa shape index (κ1) is 18.4. The molecule has 0 bridgehead atoms. The number of aromatic nitrogens is 3. The SMILES string of the molecule is CCCN(C(=O)c1cn(-c2cccc(C(F)(F)F)c2)nn1)C1CCNC1. The van der Waals surface area contributed by atoms with Crippen LogP contribution in [0.2, 0.25) is 0 Å². The third-order valence-corrected chi connectivity index (χ3v) is 4.35. The van der Waals surface area contributed by atoms with Gasteiger partial charge in [0, 0.05) is 19.1 Å². The number of hydrogen-bond acceptors (Lipinski definition) is 4. The average Bonchev–Trinajstić information content (AvgIpc) is 3.30. The van der Waals surface area contributed by atoms with Crippen LogP contribution in [-0.2, 0) is 6.18 Å². The van der Waals surface area contributed by atoms with Crippen molar-refractivity contribution in [2.45, 2.75) is 32.0 Å². The van der Waals surface area contributed by atoms with E-state index in [-0.39, 0.29) is 23.3 Å². The number of carbonyl (C=O) groups excluding carboxylic acids is 1. The van der Waals surface area contributed by atoms with Gasteiger partial charge in [-0.15, -0.1) is 5.10 Å². The van der Waals surface area contributed by atoms with Gasteiger partial charge < -0.3 is 10.2 Å². The van der Waals surface area contributed by atoms with Gasteiger partial charge in [0.05, 0.1) is 17.4 Å². The van der Waals surface area contributed by atoms with Crippen molar-refractivity contribution in [3.8, 4) is 5.69 Å². The standard InChI is InChI=1S/C17H20F3N5O/c1-2-8-24(14-6-7-21-10-14)16(26)15-11-25(23-22-15)13-5-3-4-12(9-13)17(18,19)20/h3-5,9,11,14,21H,2,6-8,10H2,1H3.